The second kappa shape index (κ2) is 13.3. The Morgan fingerprint density at radius 1 is 1.05 bits per heavy atom. The van der Waals surface area contributed by atoms with Crippen LogP contribution in [0.2, 0.25) is 0 Å². The number of fused-ring (bicyclic) bond motifs is 1. The number of pyridine rings is 1. The van der Waals surface area contributed by atoms with Gasteiger partial charge in [-0.15, -0.1) is 0 Å². The zero-order chi connectivity index (χ0) is 31.3. The van der Waals surface area contributed by atoms with Crippen LogP contribution in [0, 0.1) is 13.5 Å². The highest BCUT2D eigenvalue weighted by atomic mass is 16.6. The smallest absolute Gasteiger partial charge is 0.407 e. The van der Waals surface area contributed by atoms with Crippen molar-refractivity contribution in [3.63, 3.8) is 0 Å². The topological polar surface area (TPSA) is 101 Å². The molecule has 0 bridgehead atoms. The normalized spacial score (nSPS) is 14.9. The van der Waals surface area contributed by atoms with E-state index in [9.17, 15) is 9.90 Å². The summed E-state index contributed by atoms with van der Waals surface area (Å²) < 4.78 is 9.73. The lowest BCUT2D eigenvalue weighted by Crippen LogP contribution is -2.42. The molecular formula is C34H41N7O3. The predicted molar refractivity (Wildman–Crippen MR) is 171 cm³/mol. The molecule has 1 aliphatic heterocycles. The Kier molecular flexibility index (Phi) is 9.35. The summed E-state index contributed by atoms with van der Waals surface area (Å²) >= 11 is 0. The minimum absolute atomic E-state index is 0.114. The van der Waals surface area contributed by atoms with E-state index in [1.54, 1.807) is 6.07 Å². The first-order chi connectivity index (χ1) is 21.1. The van der Waals surface area contributed by atoms with Gasteiger partial charge in [-0.25, -0.2) is 14.6 Å². The Hall–Kier alpha value is -4.62. The van der Waals surface area contributed by atoms with Gasteiger partial charge >= 0.3 is 6.09 Å². The zero-order valence-electron chi connectivity index (χ0n) is 26.0. The number of hydrogen-bond donors (Lipinski definition) is 2. The molecule has 230 valence electrons. The number of rotatable bonds is 8. The molecule has 0 saturated carbocycles. The van der Waals surface area contributed by atoms with E-state index >= 15 is 0 Å². The SMILES string of the molecule is [C-]#[N+]c1ccc(Cn2/c(=N\C3CCN(CCNC(=O)OC(C)(C)C)CC3)n(Cc3nc(C)ccc3O)c3ccccc32)cc1. The van der Waals surface area contributed by atoms with Crippen molar-refractivity contribution in [2.75, 3.05) is 26.2 Å². The fourth-order valence-electron chi connectivity index (χ4n) is 5.53. The van der Waals surface area contributed by atoms with Gasteiger partial charge < -0.3 is 29.2 Å². The van der Waals surface area contributed by atoms with Crippen LogP contribution in [0.4, 0.5) is 10.5 Å². The summed E-state index contributed by atoms with van der Waals surface area (Å²) in [5.74, 6) is 0.161. The van der Waals surface area contributed by atoms with E-state index in [1.165, 1.54) is 0 Å². The number of nitrogens with zero attached hydrogens (tertiary/aromatic N) is 6. The van der Waals surface area contributed by atoms with E-state index < -0.39 is 11.7 Å². The van der Waals surface area contributed by atoms with E-state index in [0.29, 0.717) is 31.0 Å². The first-order valence-corrected chi connectivity index (χ1v) is 15.1. The number of aromatic nitrogens is 3. The summed E-state index contributed by atoms with van der Waals surface area (Å²) in [6.45, 7) is 18.8. The number of imidazole rings is 1. The third-order valence-electron chi connectivity index (χ3n) is 7.70. The van der Waals surface area contributed by atoms with Crippen LogP contribution in [-0.2, 0) is 17.8 Å². The van der Waals surface area contributed by atoms with Gasteiger partial charge in [-0.1, -0.05) is 36.4 Å². The van der Waals surface area contributed by atoms with E-state index in [4.69, 9.17) is 16.3 Å². The molecule has 2 aromatic carbocycles. The summed E-state index contributed by atoms with van der Waals surface area (Å²) in [7, 11) is 0. The van der Waals surface area contributed by atoms with Gasteiger partial charge in [0.05, 0.1) is 36.7 Å². The number of aryl methyl sites for hydroxylation is 1. The average molecular weight is 596 g/mol. The van der Waals surface area contributed by atoms with Crippen LogP contribution >= 0.6 is 0 Å². The maximum atomic E-state index is 12.0. The van der Waals surface area contributed by atoms with Gasteiger partial charge in [-0.3, -0.25) is 4.98 Å². The molecule has 1 amide bonds. The molecule has 3 heterocycles. The minimum atomic E-state index is -0.515. The van der Waals surface area contributed by atoms with Crippen LogP contribution in [-0.4, -0.2) is 68.0 Å². The number of para-hydroxylation sites is 2. The Morgan fingerprint density at radius 3 is 2.34 bits per heavy atom. The number of aromatic hydroxyl groups is 1. The fraction of sp³-hybridized carbons (Fsp3) is 0.412. The van der Waals surface area contributed by atoms with E-state index in [2.05, 4.69) is 41.3 Å². The van der Waals surface area contributed by atoms with Gasteiger partial charge in [0.15, 0.2) is 5.69 Å². The molecular weight excluding hydrogens is 554 g/mol. The van der Waals surface area contributed by atoms with Gasteiger partial charge in [-0.2, -0.15) is 0 Å². The number of piperidine rings is 1. The van der Waals surface area contributed by atoms with Gasteiger partial charge in [0.25, 0.3) is 0 Å². The van der Waals surface area contributed by atoms with Crippen molar-refractivity contribution in [2.24, 2.45) is 4.99 Å². The monoisotopic (exact) mass is 595 g/mol. The molecule has 4 aromatic rings. The van der Waals surface area contributed by atoms with Crippen molar-refractivity contribution in [2.45, 2.75) is 65.3 Å². The molecule has 0 aliphatic carbocycles. The number of amides is 1. The average Bonchev–Trinajstić information content (AvgIpc) is 3.27. The van der Waals surface area contributed by atoms with Crippen LogP contribution in [0.1, 0.15) is 50.6 Å². The summed E-state index contributed by atoms with van der Waals surface area (Å²) in [6.07, 6.45) is 1.39. The van der Waals surface area contributed by atoms with E-state index in [1.807, 2.05) is 70.2 Å². The largest absolute Gasteiger partial charge is 0.506 e. The van der Waals surface area contributed by atoms with Crippen LogP contribution in [0.15, 0.2) is 65.7 Å². The number of alkyl carbamates (subject to hydrolysis) is 1. The van der Waals surface area contributed by atoms with Gasteiger partial charge in [0, 0.05) is 31.9 Å². The lowest BCUT2D eigenvalue weighted by molar-refractivity contribution is 0.0520. The summed E-state index contributed by atoms with van der Waals surface area (Å²) in [5, 5.41) is 13.5. The highest BCUT2D eigenvalue weighted by Crippen LogP contribution is 2.22. The van der Waals surface area contributed by atoms with Crippen LogP contribution in [0.25, 0.3) is 15.9 Å². The number of likely N-dealkylation sites (tertiary alicyclic amines) is 1. The molecule has 2 N–H and O–H groups in total. The molecule has 10 heteroatoms. The van der Waals surface area contributed by atoms with Crippen LogP contribution in [0.5, 0.6) is 5.75 Å². The van der Waals surface area contributed by atoms with Crippen molar-refractivity contribution < 1.29 is 14.6 Å². The van der Waals surface area contributed by atoms with Crippen LogP contribution in [0.3, 0.4) is 0 Å². The molecule has 10 nitrogen and oxygen atoms in total. The zero-order valence-corrected chi connectivity index (χ0v) is 26.0. The highest BCUT2D eigenvalue weighted by Gasteiger charge is 2.22. The molecule has 0 unspecified atom stereocenters. The van der Waals surface area contributed by atoms with Crippen molar-refractivity contribution in [3.05, 3.63) is 94.7 Å². The van der Waals surface area contributed by atoms with Gasteiger partial charge in [-0.05, 0) is 70.4 Å². The summed E-state index contributed by atoms with van der Waals surface area (Å²) in [4.78, 5) is 27.9. The number of hydrogen-bond acceptors (Lipinski definition) is 6. The lowest BCUT2D eigenvalue weighted by atomic mass is 10.1. The van der Waals surface area contributed by atoms with Gasteiger partial charge in [0.1, 0.15) is 17.0 Å². The van der Waals surface area contributed by atoms with Crippen molar-refractivity contribution in [3.8, 4) is 5.75 Å². The first kappa shape index (κ1) is 30.8. The molecule has 1 aliphatic rings. The molecule has 1 fully saturated rings. The van der Waals surface area contributed by atoms with Crippen LogP contribution < -0.4 is 10.9 Å². The molecule has 0 atom stereocenters. The Balaban J connectivity index is 1.43. The molecule has 1 saturated heterocycles. The standard InChI is InChI=1S/C34H41N7O3/c1-24-10-15-31(42)28(37-24)23-41-30-9-7-6-8-29(30)40(22-25-11-13-26(35-5)14-12-25)32(41)38-27-16-19-39(20-17-27)21-18-36-33(43)44-34(2,3)4/h6-15,27,42H,16-23H2,1-4H3,(H,36,43)/b38-32+. The molecule has 44 heavy (non-hydrogen) atoms. The number of benzene rings is 2. The maximum absolute atomic E-state index is 12.0. The summed E-state index contributed by atoms with van der Waals surface area (Å²) in [5.41, 5.74) is 5.49. The Labute approximate surface area is 258 Å². The molecule has 0 radical (unpaired) electrons. The first-order valence-electron chi connectivity index (χ1n) is 15.1. The van der Waals surface area contributed by atoms with Gasteiger partial charge in [0.2, 0.25) is 5.62 Å². The number of carbonyl (C=O) groups is 1. The molecule has 0 spiro atoms. The number of nitrogens with one attached hydrogen (secondary N) is 1. The molecule has 2 aromatic heterocycles. The second-order valence-electron chi connectivity index (χ2n) is 12.3. The number of carbonyl (C=O) groups excluding carboxylic acids is 1. The molecule has 5 rings (SSSR count). The maximum Gasteiger partial charge on any atom is 0.407 e. The van der Waals surface area contributed by atoms with Crippen molar-refractivity contribution >= 4 is 22.8 Å². The van der Waals surface area contributed by atoms with Crippen molar-refractivity contribution in [1.82, 2.24) is 24.3 Å². The van der Waals surface area contributed by atoms with E-state index in [-0.39, 0.29) is 11.8 Å². The second-order valence-corrected chi connectivity index (χ2v) is 12.3. The minimum Gasteiger partial charge on any atom is -0.506 e. The highest BCUT2D eigenvalue weighted by molar-refractivity contribution is 5.76. The van der Waals surface area contributed by atoms with Crippen molar-refractivity contribution in [1.29, 1.82) is 0 Å². The summed E-state index contributed by atoms with van der Waals surface area (Å²) in [6, 6.07) is 19.5. The number of ether oxygens (including phenoxy) is 1. The Bertz CT molecular complexity index is 1720. The Morgan fingerprint density at radius 2 is 1.70 bits per heavy atom. The fourth-order valence-corrected chi connectivity index (χ4v) is 5.53. The third-order valence-corrected chi connectivity index (χ3v) is 7.70. The lowest BCUT2D eigenvalue weighted by Gasteiger charge is -2.30. The quantitative estimate of drug-likeness (QED) is 0.266. The van der Waals surface area contributed by atoms with E-state index in [0.717, 1.165) is 60.4 Å². The third kappa shape index (κ3) is 7.66. The predicted octanol–water partition coefficient (Wildman–Crippen LogP) is 5.39.